The fourth-order valence-corrected chi connectivity index (χ4v) is 3.44. The molecule has 0 atom stereocenters. The molecule has 4 aromatic heterocycles. The topological polar surface area (TPSA) is 75.0 Å². The number of halogens is 1. The van der Waals surface area contributed by atoms with Crippen molar-refractivity contribution in [3.63, 3.8) is 0 Å². The molecule has 1 fully saturated rings. The minimum Gasteiger partial charge on any atom is -0.341 e. The maximum Gasteiger partial charge on any atom is 0.226 e. The Morgan fingerprint density at radius 1 is 1.11 bits per heavy atom. The normalized spacial score (nSPS) is 14.0. The number of aromatic amines is 1. The van der Waals surface area contributed by atoms with Crippen molar-refractivity contribution < 1.29 is 0 Å². The van der Waals surface area contributed by atoms with Gasteiger partial charge < -0.3 is 4.90 Å². The minimum atomic E-state index is 0.679. The second-order valence-electron chi connectivity index (χ2n) is 6.73. The van der Waals surface area contributed by atoms with Crippen LogP contribution in [0.5, 0.6) is 0 Å². The van der Waals surface area contributed by atoms with Crippen LogP contribution in [0.15, 0.2) is 49.1 Å². The van der Waals surface area contributed by atoms with Crippen LogP contribution in [0.4, 0.5) is 5.95 Å². The molecule has 1 saturated heterocycles. The number of aromatic nitrogens is 6. The number of anilines is 1. The quantitative estimate of drug-likeness (QED) is 0.551. The van der Waals surface area contributed by atoms with Gasteiger partial charge in [0.25, 0.3) is 0 Å². The molecule has 144 valence electrons. The highest BCUT2D eigenvalue weighted by atomic mass is 35.5. The van der Waals surface area contributed by atoms with E-state index in [2.05, 4.69) is 25.1 Å². The Morgan fingerprint density at radius 3 is 2.68 bits per heavy atom. The Kier molecular flexibility index (Phi) is 5.53. The monoisotopic (exact) mass is 395 g/mol. The summed E-state index contributed by atoms with van der Waals surface area (Å²) in [6.45, 7) is 4.07. The van der Waals surface area contributed by atoms with E-state index in [9.17, 15) is 0 Å². The number of fused-ring (bicyclic) bond motifs is 1. The first-order valence-corrected chi connectivity index (χ1v) is 9.76. The van der Waals surface area contributed by atoms with Gasteiger partial charge in [0, 0.05) is 37.4 Å². The van der Waals surface area contributed by atoms with Crippen molar-refractivity contribution in [1.29, 1.82) is 0 Å². The molecule has 0 bridgehead atoms. The van der Waals surface area contributed by atoms with E-state index in [1.54, 1.807) is 12.4 Å². The van der Waals surface area contributed by atoms with Gasteiger partial charge in [-0.3, -0.25) is 9.50 Å². The van der Waals surface area contributed by atoms with Crippen LogP contribution in [-0.2, 0) is 0 Å². The van der Waals surface area contributed by atoms with Crippen LogP contribution in [-0.4, -0.2) is 42.6 Å². The van der Waals surface area contributed by atoms with Gasteiger partial charge in [-0.15, -0.1) is 0 Å². The molecule has 0 saturated carbocycles. The fraction of sp³-hybridized carbons (Fsp3) is 0.300. The summed E-state index contributed by atoms with van der Waals surface area (Å²) in [6, 6.07) is 7.58. The Bertz CT molecular complexity index is 1020. The van der Waals surface area contributed by atoms with E-state index in [0.717, 1.165) is 41.8 Å². The molecule has 4 aromatic rings. The van der Waals surface area contributed by atoms with Crippen molar-refractivity contribution in [3.8, 4) is 11.4 Å². The summed E-state index contributed by atoms with van der Waals surface area (Å²) in [4.78, 5) is 16.1. The Hall–Kier alpha value is -2.93. The molecule has 0 radical (unpaired) electrons. The average molecular weight is 396 g/mol. The van der Waals surface area contributed by atoms with Crippen LogP contribution < -0.4 is 4.90 Å². The summed E-state index contributed by atoms with van der Waals surface area (Å²) >= 11 is 6.13. The number of H-pyrrole nitrogens is 1. The maximum atomic E-state index is 6.13. The smallest absolute Gasteiger partial charge is 0.226 e. The lowest BCUT2D eigenvalue weighted by Gasteiger charge is -2.27. The minimum absolute atomic E-state index is 0.679. The SMILES string of the molecule is Cc1cc(-c2cnc3ccc(Cl)cn23)nc(N2CCCCC2)n1.c1cn[nH]c1. The van der Waals surface area contributed by atoms with Crippen LogP contribution in [0.2, 0.25) is 5.02 Å². The van der Waals surface area contributed by atoms with Crippen molar-refractivity contribution in [2.45, 2.75) is 26.2 Å². The van der Waals surface area contributed by atoms with Crippen LogP contribution in [0, 0.1) is 6.92 Å². The Balaban J connectivity index is 0.000000336. The molecule has 0 aliphatic carbocycles. The predicted molar refractivity (Wildman–Crippen MR) is 111 cm³/mol. The number of imidazole rings is 1. The first-order valence-electron chi connectivity index (χ1n) is 9.38. The second-order valence-corrected chi connectivity index (χ2v) is 7.16. The fourth-order valence-electron chi connectivity index (χ4n) is 3.28. The van der Waals surface area contributed by atoms with Crippen LogP contribution in [0.1, 0.15) is 25.0 Å². The molecule has 1 N–H and O–H groups in total. The molecule has 0 spiro atoms. The van der Waals surface area contributed by atoms with E-state index in [-0.39, 0.29) is 0 Å². The van der Waals surface area contributed by atoms with Crippen molar-refractivity contribution in [2.24, 2.45) is 0 Å². The zero-order valence-electron chi connectivity index (χ0n) is 15.7. The van der Waals surface area contributed by atoms with E-state index in [1.807, 2.05) is 48.0 Å². The lowest BCUT2D eigenvalue weighted by Crippen LogP contribution is -2.31. The number of aryl methyl sites for hydroxylation is 1. The Labute approximate surface area is 168 Å². The lowest BCUT2D eigenvalue weighted by molar-refractivity contribution is 0.568. The summed E-state index contributed by atoms with van der Waals surface area (Å²) in [5.41, 5.74) is 3.65. The number of rotatable bonds is 2. The predicted octanol–water partition coefficient (Wildman–Crippen LogP) is 4.15. The lowest BCUT2D eigenvalue weighted by atomic mass is 10.1. The zero-order chi connectivity index (χ0) is 19.3. The number of pyridine rings is 1. The van der Waals surface area contributed by atoms with E-state index in [0.29, 0.717) is 5.02 Å². The summed E-state index contributed by atoms with van der Waals surface area (Å²) in [5.74, 6) is 0.816. The van der Waals surface area contributed by atoms with Gasteiger partial charge in [-0.25, -0.2) is 15.0 Å². The largest absolute Gasteiger partial charge is 0.341 e. The molecule has 0 amide bonds. The van der Waals surface area contributed by atoms with E-state index in [4.69, 9.17) is 16.6 Å². The van der Waals surface area contributed by atoms with Crippen LogP contribution >= 0.6 is 11.6 Å². The average Bonchev–Trinajstić information content (AvgIpc) is 3.41. The number of nitrogens with one attached hydrogen (secondary N) is 1. The van der Waals surface area contributed by atoms with Crippen LogP contribution in [0.3, 0.4) is 0 Å². The molecular weight excluding hydrogens is 374 g/mol. The third kappa shape index (κ3) is 4.14. The van der Waals surface area contributed by atoms with Gasteiger partial charge in [-0.1, -0.05) is 11.6 Å². The number of piperidine rings is 1. The molecule has 1 aliphatic heterocycles. The molecule has 8 heteroatoms. The third-order valence-electron chi connectivity index (χ3n) is 4.62. The van der Waals surface area contributed by atoms with Gasteiger partial charge >= 0.3 is 0 Å². The molecule has 0 aromatic carbocycles. The molecule has 5 rings (SSSR count). The third-order valence-corrected chi connectivity index (χ3v) is 4.84. The maximum absolute atomic E-state index is 6.13. The standard InChI is InChI=1S/C17H18ClN5.C3H4N2/c1-12-9-14(21-17(20-12)22-7-3-2-4-8-22)15-10-19-16-6-5-13(18)11-23(15)16;1-2-4-5-3-1/h5-6,9-11H,2-4,7-8H2,1H3;1-3H,(H,4,5). The highest BCUT2D eigenvalue weighted by Crippen LogP contribution is 2.24. The highest BCUT2D eigenvalue weighted by molar-refractivity contribution is 6.30. The molecule has 7 nitrogen and oxygen atoms in total. The van der Waals surface area contributed by atoms with E-state index >= 15 is 0 Å². The van der Waals surface area contributed by atoms with Crippen molar-refractivity contribution in [1.82, 2.24) is 29.5 Å². The van der Waals surface area contributed by atoms with Gasteiger partial charge in [-0.05, 0) is 50.5 Å². The van der Waals surface area contributed by atoms with Crippen LogP contribution in [0.25, 0.3) is 17.0 Å². The number of nitrogens with zero attached hydrogens (tertiary/aromatic N) is 6. The zero-order valence-corrected chi connectivity index (χ0v) is 16.5. The molecule has 1 aliphatic rings. The molecule has 0 unspecified atom stereocenters. The molecular formula is C20H22ClN7. The Morgan fingerprint density at radius 2 is 1.96 bits per heavy atom. The second kappa shape index (κ2) is 8.39. The van der Waals surface area contributed by atoms with E-state index < -0.39 is 0 Å². The van der Waals surface area contributed by atoms with Crippen molar-refractivity contribution >= 4 is 23.2 Å². The van der Waals surface area contributed by atoms with Crippen molar-refractivity contribution in [2.75, 3.05) is 18.0 Å². The van der Waals surface area contributed by atoms with Crippen molar-refractivity contribution in [3.05, 3.63) is 59.8 Å². The number of hydrogen-bond acceptors (Lipinski definition) is 5. The molecule has 5 heterocycles. The van der Waals surface area contributed by atoms with Gasteiger partial charge in [0.05, 0.1) is 22.6 Å². The van der Waals surface area contributed by atoms with E-state index in [1.165, 1.54) is 19.3 Å². The van der Waals surface area contributed by atoms with Gasteiger partial charge in [0.15, 0.2) is 0 Å². The number of hydrogen-bond donors (Lipinski definition) is 1. The summed E-state index contributed by atoms with van der Waals surface area (Å²) < 4.78 is 1.98. The highest BCUT2D eigenvalue weighted by Gasteiger charge is 2.16. The summed E-state index contributed by atoms with van der Waals surface area (Å²) in [5, 5.41) is 6.89. The van der Waals surface area contributed by atoms with Gasteiger partial charge in [-0.2, -0.15) is 5.10 Å². The summed E-state index contributed by atoms with van der Waals surface area (Å²) in [6.07, 6.45) is 10.9. The molecule has 28 heavy (non-hydrogen) atoms. The first kappa shape index (κ1) is 18.4. The first-order chi connectivity index (χ1) is 13.7. The summed E-state index contributed by atoms with van der Waals surface area (Å²) in [7, 11) is 0. The van der Waals surface area contributed by atoms with Gasteiger partial charge in [0.2, 0.25) is 5.95 Å². The van der Waals surface area contributed by atoms with Gasteiger partial charge in [0.1, 0.15) is 5.65 Å².